The van der Waals surface area contributed by atoms with Crippen molar-refractivity contribution in [2.45, 2.75) is 25.6 Å². The zero-order chi connectivity index (χ0) is 23.6. The van der Waals surface area contributed by atoms with Gasteiger partial charge in [0.1, 0.15) is 23.2 Å². The molecule has 7 nitrogen and oxygen atoms in total. The molecule has 34 heavy (non-hydrogen) atoms. The Labute approximate surface area is 199 Å². The van der Waals surface area contributed by atoms with Crippen LogP contribution in [0.1, 0.15) is 19.3 Å². The molecule has 1 N–H and O–H groups in total. The van der Waals surface area contributed by atoms with Gasteiger partial charge in [0.2, 0.25) is 0 Å². The van der Waals surface area contributed by atoms with Crippen LogP contribution in [0.15, 0.2) is 48.9 Å². The second kappa shape index (κ2) is 9.28. The summed E-state index contributed by atoms with van der Waals surface area (Å²) >= 11 is 2.01. The Morgan fingerprint density at radius 3 is 2.65 bits per heavy atom. The second-order valence-corrected chi connectivity index (χ2v) is 9.73. The van der Waals surface area contributed by atoms with Gasteiger partial charge in [-0.25, -0.2) is 15.0 Å². The van der Waals surface area contributed by atoms with Crippen LogP contribution in [0, 0.1) is 5.41 Å². The Balaban J connectivity index is 1.45. The summed E-state index contributed by atoms with van der Waals surface area (Å²) in [4.78, 5) is 19.9. The van der Waals surface area contributed by atoms with Gasteiger partial charge in [-0.1, -0.05) is 0 Å². The van der Waals surface area contributed by atoms with Crippen molar-refractivity contribution in [2.75, 3.05) is 34.8 Å². The summed E-state index contributed by atoms with van der Waals surface area (Å²) in [7, 11) is 0. The molecule has 2 aliphatic rings. The number of hydrogen-bond donors (Lipinski definition) is 1. The molecule has 0 radical (unpaired) electrons. The zero-order valence-corrected chi connectivity index (χ0v) is 19.1. The van der Waals surface area contributed by atoms with E-state index in [0.29, 0.717) is 17.1 Å². The molecule has 3 aromatic rings. The minimum atomic E-state index is -4.78. The van der Waals surface area contributed by atoms with Crippen molar-refractivity contribution >= 4 is 29.2 Å². The molecule has 2 saturated heterocycles. The fraction of sp³-hybridized carbons (Fsp3) is 0.391. The number of alkyl halides is 3. The van der Waals surface area contributed by atoms with Crippen LogP contribution in [0.4, 0.5) is 30.6 Å². The summed E-state index contributed by atoms with van der Waals surface area (Å²) in [5.74, 6) is 3.89. The van der Waals surface area contributed by atoms with Crippen LogP contribution in [-0.4, -0.2) is 50.9 Å². The average molecular weight is 489 g/mol. The molecule has 5 rings (SSSR count). The maximum atomic E-state index is 12.6. The van der Waals surface area contributed by atoms with Gasteiger partial charge < -0.3 is 15.0 Å². The van der Waals surface area contributed by atoms with E-state index >= 15 is 0 Å². The Hall–Kier alpha value is -3.08. The third kappa shape index (κ3) is 5.35. The third-order valence-electron chi connectivity index (χ3n) is 6.17. The highest BCUT2D eigenvalue weighted by atomic mass is 32.2. The van der Waals surface area contributed by atoms with E-state index in [-0.39, 0.29) is 11.6 Å². The Morgan fingerprint density at radius 2 is 1.88 bits per heavy atom. The van der Waals surface area contributed by atoms with Crippen LogP contribution in [0.25, 0.3) is 11.4 Å². The molecule has 0 atom stereocenters. The van der Waals surface area contributed by atoms with E-state index < -0.39 is 6.36 Å². The Bertz CT molecular complexity index is 1140. The van der Waals surface area contributed by atoms with Gasteiger partial charge in [-0.15, -0.1) is 13.2 Å². The van der Waals surface area contributed by atoms with Crippen molar-refractivity contribution in [3.05, 3.63) is 48.9 Å². The summed E-state index contributed by atoms with van der Waals surface area (Å²) < 4.78 is 41.9. The molecule has 0 unspecified atom stereocenters. The third-order valence-corrected chi connectivity index (χ3v) is 7.15. The SMILES string of the molecule is FC(F)(F)Oc1ccnc(Nc2cc(N3CCC4(CCSCC4)C3)nc(-c3cccnc3)n2)c1. The molecule has 2 fully saturated rings. The average Bonchev–Trinajstić information content (AvgIpc) is 3.22. The monoisotopic (exact) mass is 488 g/mol. The fourth-order valence-electron chi connectivity index (χ4n) is 4.44. The number of pyridine rings is 2. The van der Waals surface area contributed by atoms with Gasteiger partial charge in [0, 0.05) is 49.4 Å². The van der Waals surface area contributed by atoms with Crippen molar-refractivity contribution < 1.29 is 17.9 Å². The normalized spacial score (nSPS) is 17.7. The van der Waals surface area contributed by atoms with E-state index in [2.05, 4.69) is 29.9 Å². The van der Waals surface area contributed by atoms with Crippen LogP contribution in [-0.2, 0) is 0 Å². The first kappa shape index (κ1) is 22.7. The number of rotatable bonds is 5. The van der Waals surface area contributed by atoms with Crippen molar-refractivity contribution in [2.24, 2.45) is 5.41 Å². The van der Waals surface area contributed by atoms with E-state index in [4.69, 9.17) is 4.98 Å². The molecule has 1 spiro atoms. The standard InChI is InChI=1S/C23H23F3N6OS/c24-23(25,26)33-17-3-8-28-18(12-17)29-19-13-20(31-21(30-19)16-2-1-7-27-14-16)32-9-4-22(15-32)5-10-34-11-6-22/h1-3,7-8,12-14H,4-6,9-11,15H2,(H,28,29,30,31). The van der Waals surface area contributed by atoms with Crippen molar-refractivity contribution in [3.63, 3.8) is 0 Å². The maximum Gasteiger partial charge on any atom is 0.573 e. The first-order valence-electron chi connectivity index (χ1n) is 11.0. The number of anilines is 3. The molecule has 0 bridgehead atoms. The number of aromatic nitrogens is 4. The second-order valence-electron chi connectivity index (χ2n) is 8.51. The predicted molar refractivity (Wildman–Crippen MR) is 125 cm³/mol. The molecule has 178 valence electrons. The Kier molecular flexibility index (Phi) is 6.20. The molecular formula is C23H23F3N6OS. The highest BCUT2D eigenvalue weighted by Crippen LogP contribution is 2.44. The highest BCUT2D eigenvalue weighted by Gasteiger charge is 2.39. The summed E-state index contributed by atoms with van der Waals surface area (Å²) in [6.07, 6.45) is 3.36. The van der Waals surface area contributed by atoms with Gasteiger partial charge in [0.25, 0.3) is 0 Å². The molecule has 2 aliphatic heterocycles. The number of hydrogen-bond acceptors (Lipinski definition) is 8. The summed E-state index contributed by atoms with van der Waals surface area (Å²) in [5, 5.41) is 3.02. The van der Waals surface area contributed by atoms with Crippen LogP contribution in [0.5, 0.6) is 5.75 Å². The molecule has 0 aliphatic carbocycles. The maximum absolute atomic E-state index is 12.6. The molecule has 0 saturated carbocycles. The van der Waals surface area contributed by atoms with Crippen LogP contribution in [0.3, 0.4) is 0 Å². The van der Waals surface area contributed by atoms with E-state index in [1.54, 1.807) is 12.4 Å². The summed E-state index contributed by atoms with van der Waals surface area (Å²) in [6.45, 7) is 1.84. The minimum Gasteiger partial charge on any atom is -0.406 e. The van der Waals surface area contributed by atoms with E-state index in [0.717, 1.165) is 37.0 Å². The molecule has 0 aromatic carbocycles. The van der Waals surface area contributed by atoms with Gasteiger partial charge in [0.15, 0.2) is 5.82 Å². The van der Waals surface area contributed by atoms with Crippen molar-refractivity contribution in [3.8, 4) is 17.1 Å². The van der Waals surface area contributed by atoms with Crippen LogP contribution >= 0.6 is 11.8 Å². The summed E-state index contributed by atoms with van der Waals surface area (Å²) in [5.41, 5.74) is 1.07. The van der Waals surface area contributed by atoms with Gasteiger partial charge >= 0.3 is 6.36 Å². The summed E-state index contributed by atoms with van der Waals surface area (Å²) in [6, 6.07) is 7.83. The number of halogens is 3. The molecule has 0 amide bonds. The number of ether oxygens (including phenoxy) is 1. The van der Waals surface area contributed by atoms with Gasteiger partial charge in [-0.2, -0.15) is 11.8 Å². The lowest BCUT2D eigenvalue weighted by Crippen LogP contribution is -2.31. The lowest BCUT2D eigenvalue weighted by atomic mass is 9.81. The smallest absolute Gasteiger partial charge is 0.406 e. The predicted octanol–water partition coefficient (Wildman–Crippen LogP) is 5.30. The Morgan fingerprint density at radius 1 is 1.03 bits per heavy atom. The van der Waals surface area contributed by atoms with E-state index in [1.165, 1.54) is 36.6 Å². The van der Waals surface area contributed by atoms with Gasteiger partial charge in [0.05, 0.1) is 0 Å². The number of nitrogens with one attached hydrogen (secondary N) is 1. The molecular weight excluding hydrogens is 465 g/mol. The molecule has 5 heterocycles. The topological polar surface area (TPSA) is 76.1 Å². The van der Waals surface area contributed by atoms with Crippen molar-refractivity contribution in [1.29, 1.82) is 0 Å². The number of nitrogens with zero attached hydrogens (tertiary/aromatic N) is 5. The van der Waals surface area contributed by atoms with Gasteiger partial charge in [-0.05, 0) is 54.4 Å². The lowest BCUT2D eigenvalue weighted by Gasteiger charge is -2.33. The van der Waals surface area contributed by atoms with Crippen molar-refractivity contribution in [1.82, 2.24) is 19.9 Å². The zero-order valence-electron chi connectivity index (χ0n) is 18.3. The van der Waals surface area contributed by atoms with E-state index in [1.807, 2.05) is 30.0 Å². The lowest BCUT2D eigenvalue weighted by molar-refractivity contribution is -0.274. The fourth-order valence-corrected chi connectivity index (χ4v) is 5.79. The van der Waals surface area contributed by atoms with Gasteiger partial charge in [-0.3, -0.25) is 4.98 Å². The molecule has 11 heteroatoms. The first-order chi connectivity index (χ1) is 16.4. The quantitative estimate of drug-likeness (QED) is 0.519. The minimum absolute atomic E-state index is 0.186. The van der Waals surface area contributed by atoms with Crippen LogP contribution < -0.4 is 15.0 Å². The number of thioether (sulfide) groups is 1. The van der Waals surface area contributed by atoms with E-state index in [9.17, 15) is 13.2 Å². The largest absolute Gasteiger partial charge is 0.573 e. The molecule has 3 aromatic heterocycles. The first-order valence-corrected chi connectivity index (χ1v) is 12.1. The highest BCUT2D eigenvalue weighted by molar-refractivity contribution is 7.99. The van der Waals surface area contributed by atoms with Crippen LogP contribution in [0.2, 0.25) is 0 Å².